The van der Waals surface area contributed by atoms with Gasteiger partial charge in [-0.15, -0.1) is 6.58 Å². The van der Waals surface area contributed by atoms with Crippen molar-refractivity contribution in [3.63, 3.8) is 0 Å². The minimum absolute atomic E-state index is 0.00170. The molecule has 0 aromatic rings. The molecule has 1 saturated heterocycles. The number of ether oxygens (including phenoxy) is 1. The Morgan fingerprint density at radius 1 is 0.622 bits per heavy atom. The lowest BCUT2D eigenvalue weighted by atomic mass is 9.91. The van der Waals surface area contributed by atoms with E-state index in [1.54, 1.807) is 0 Å². The Labute approximate surface area is 298 Å². The van der Waals surface area contributed by atoms with E-state index in [0.29, 0.717) is 6.42 Å². The van der Waals surface area contributed by atoms with Crippen molar-refractivity contribution in [2.75, 3.05) is 0 Å². The molecule has 0 aromatic carbocycles. The minimum atomic E-state index is -2.31. The number of hydrogen-bond acceptors (Lipinski definition) is 5. The van der Waals surface area contributed by atoms with E-state index in [9.17, 15) is 0 Å². The Kier molecular flexibility index (Phi) is 14.6. The largest absolute Gasteiger partial charge is 0.409 e. The zero-order valence-corrected chi connectivity index (χ0v) is 39.2. The van der Waals surface area contributed by atoms with E-state index in [1.807, 2.05) is 6.08 Å². The zero-order valence-electron chi connectivity index (χ0n) is 33.0. The van der Waals surface area contributed by atoms with Crippen molar-refractivity contribution < 1.29 is 22.4 Å². The minimum Gasteiger partial charge on any atom is -0.409 e. The van der Waals surface area contributed by atoms with E-state index in [0.717, 1.165) is 0 Å². The molecule has 1 rings (SSSR count). The van der Waals surface area contributed by atoms with Crippen LogP contribution in [0.5, 0.6) is 0 Å². The molecule has 0 saturated carbocycles. The SMILES string of the molecule is C=CCC1O[C@@H](C(/C=C/I)O[Si](C)(C)C(C)(C)C)C(O[Si](C)(C)C(C)(C)C)C(O[Si](C)(C)C(C)(C)C)C1O[Si](C)(C)C(C)(C)C. The lowest BCUT2D eigenvalue weighted by Crippen LogP contribution is -2.69. The molecule has 0 radical (unpaired) electrons. The first-order valence-corrected chi connectivity index (χ1v) is 29.9. The fourth-order valence-electron chi connectivity index (χ4n) is 4.33. The second kappa shape index (κ2) is 15.0. The van der Waals surface area contributed by atoms with Crippen LogP contribution in [0.3, 0.4) is 0 Å². The van der Waals surface area contributed by atoms with Gasteiger partial charge < -0.3 is 22.4 Å². The van der Waals surface area contributed by atoms with Crippen molar-refractivity contribution in [2.45, 2.75) is 199 Å². The van der Waals surface area contributed by atoms with Crippen LogP contribution in [-0.4, -0.2) is 69.9 Å². The average Bonchev–Trinajstić information content (AvgIpc) is 2.79. The Hall–Kier alpha value is 0.878. The van der Waals surface area contributed by atoms with Crippen LogP contribution in [0.4, 0.5) is 0 Å². The molecule has 45 heavy (non-hydrogen) atoms. The van der Waals surface area contributed by atoms with E-state index < -0.39 is 33.3 Å². The van der Waals surface area contributed by atoms with Crippen LogP contribution < -0.4 is 0 Å². The molecule has 1 heterocycles. The third-order valence-electron chi connectivity index (χ3n) is 11.6. The fourth-order valence-corrected chi connectivity index (χ4v) is 9.91. The maximum absolute atomic E-state index is 7.57. The summed E-state index contributed by atoms with van der Waals surface area (Å²) in [6.45, 7) is 50.5. The summed E-state index contributed by atoms with van der Waals surface area (Å²) in [4.78, 5) is 0. The lowest BCUT2D eigenvalue weighted by molar-refractivity contribution is -0.223. The quantitative estimate of drug-likeness (QED) is 0.112. The summed E-state index contributed by atoms with van der Waals surface area (Å²) in [6, 6.07) is 0. The number of rotatable bonds is 12. The molecular weight excluding hydrogens is 740 g/mol. The van der Waals surface area contributed by atoms with Gasteiger partial charge in [0.25, 0.3) is 0 Å². The molecule has 5 nitrogen and oxygen atoms in total. The topological polar surface area (TPSA) is 46.2 Å². The first-order valence-electron chi connectivity index (χ1n) is 17.0. The van der Waals surface area contributed by atoms with Gasteiger partial charge in [0.15, 0.2) is 33.3 Å². The maximum atomic E-state index is 7.57. The third kappa shape index (κ3) is 10.9. The van der Waals surface area contributed by atoms with E-state index in [2.05, 4.69) is 175 Å². The molecule has 0 aliphatic carbocycles. The van der Waals surface area contributed by atoms with Gasteiger partial charge in [-0.2, -0.15) is 0 Å². The van der Waals surface area contributed by atoms with Crippen molar-refractivity contribution in [2.24, 2.45) is 0 Å². The summed E-state index contributed by atoms with van der Waals surface area (Å²) in [6.07, 6.45) is 2.97. The van der Waals surface area contributed by atoms with Crippen molar-refractivity contribution in [1.82, 2.24) is 0 Å². The van der Waals surface area contributed by atoms with Gasteiger partial charge in [-0.3, -0.25) is 0 Å². The number of halogens is 1. The smallest absolute Gasteiger partial charge is 0.193 e. The van der Waals surface area contributed by atoms with Gasteiger partial charge >= 0.3 is 0 Å². The van der Waals surface area contributed by atoms with E-state index >= 15 is 0 Å². The molecule has 1 aliphatic heterocycles. The van der Waals surface area contributed by atoms with Gasteiger partial charge in [-0.1, -0.05) is 112 Å². The summed E-state index contributed by atoms with van der Waals surface area (Å²) in [5, 5.41) is 0.0802. The van der Waals surface area contributed by atoms with Crippen LogP contribution in [-0.2, 0) is 22.4 Å². The van der Waals surface area contributed by atoms with Crippen LogP contribution in [0, 0.1) is 0 Å². The second-order valence-corrected chi connectivity index (χ2v) is 39.1. The highest BCUT2D eigenvalue weighted by atomic mass is 127. The molecule has 0 amide bonds. The first-order chi connectivity index (χ1) is 19.8. The highest BCUT2D eigenvalue weighted by molar-refractivity contribution is 14.1. The van der Waals surface area contributed by atoms with Crippen LogP contribution in [0.15, 0.2) is 22.8 Å². The molecule has 0 N–H and O–H groups in total. The van der Waals surface area contributed by atoms with Crippen LogP contribution >= 0.6 is 22.6 Å². The number of hydrogen-bond donors (Lipinski definition) is 0. The van der Waals surface area contributed by atoms with Gasteiger partial charge in [0.2, 0.25) is 0 Å². The highest BCUT2D eigenvalue weighted by Crippen LogP contribution is 2.47. The lowest BCUT2D eigenvalue weighted by Gasteiger charge is -2.56. The molecule has 0 spiro atoms. The summed E-state index contributed by atoms with van der Waals surface area (Å²) in [7, 11) is -9.03. The standard InChI is InChI=1S/C35H73IO5Si4/c1-22-23-26-29(39-43(16,17)33(5,6)7)31(41-45(20,21)35(11,12)13)30(40-44(18,19)34(8,9)10)28(37-26)27(24-25-36)38-42(14,15)32(2,3)4/h22,24-31H,1,23H2,2-21H3/b25-24+/t26?,27?,28-,29?,30?,31?/m0/s1. The molecular formula is C35H73IO5Si4. The third-order valence-corrected chi connectivity index (χ3v) is 29.9. The van der Waals surface area contributed by atoms with Gasteiger partial charge in [-0.25, -0.2) is 0 Å². The first kappa shape index (κ1) is 43.9. The van der Waals surface area contributed by atoms with Crippen molar-refractivity contribution in [3.8, 4) is 0 Å². The second-order valence-electron chi connectivity index (χ2n) is 19.4. The van der Waals surface area contributed by atoms with Crippen LogP contribution in [0.2, 0.25) is 72.5 Å². The predicted octanol–water partition coefficient (Wildman–Crippen LogP) is 11.8. The predicted molar refractivity (Wildman–Crippen MR) is 215 cm³/mol. The van der Waals surface area contributed by atoms with Crippen molar-refractivity contribution in [3.05, 3.63) is 22.8 Å². The molecule has 1 fully saturated rings. The molecule has 0 bridgehead atoms. The zero-order chi connectivity index (χ0) is 35.8. The van der Waals surface area contributed by atoms with Crippen molar-refractivity contribution >= 4 is 55.9 Å². The van der Waals surface area contributed by atoms with Gasteiger partial charge in [0.05, 0.1) is 18.3 Å². The van der Waals surface area contributed by atoms with Gasteiger partial charge in [-0.05, 0) is 89.1 Å². The molecule has 1 aliphatic rings. The van der Waals surface area contributed by atoms with E-state index in [1.165, 1.54) is 0 Å². The van der Waals surface area contributed by atoms with Gasteiger partial charge in [0, 0.05) is 0 Å². The molecule has 266 valence electrons. The summed E-state index contributed by atoms with van der Waals surface area (Å²) in [5.74, 6) is 0. The average molecular weight is 813 g/mol. The monoisotopic (exact) mass is 812 g/mol. The Balaban J connectivity index is 4.15. The Bertz CT molecular complexity index is 999. The summed E-state index contributed by atoms with van der Waals surface area (Å²) < 4.78 is 39.1. The normalized spacial score (nSPS) is 25.9. The summed E-state index contributed by atoms with van der Waals surface area (Å²) >= 11 is 2.32. The molecule has 0 aromatic heterocycles. The van der Waals surface area contributed by atoms with E-state index in [-0.39, 0.29) is 56.8 Å². The maximum Gasteiger partial charge on any atom is 0.193 e. The molecule has 5 unspecified atom stereocenters. The van der Waals surface area contributed by atoms with Crippen LogP contribution in [0.1, 0.15) is 89.5 Å². The van der Waals surface area contributed by atoms with Gasteiger partial charge in [0.1, 0.15) is 18.3 Å². The Morgan fingerprint density at radius 2 is 0.978 bits per heavy atom. The summed E-state index contributed by atoms with van der Waals surface area (Å²) in [5.41, 5.74) is 0. The van der Waals surface area contributed by atoms with Crippen molar-refractivity contribution in [1.29, 1.82) is 0 Å². The van der Waals surface area contributed by atoms with Crippen LogP contribution in [0.25, 0.3) is 0 Å². The van der Waals surface area contributed by atoms with E-state index in [4.69, 9.17) is 22.4 Å². The fraction of sp³-hybridized carbons (Fsp3) is 0.886. The molecule has 6 atom stereocenters. The Morgan fingerprint density at radius 3 is 1.31 bits per heavy atom. The molecule has 10 heteroatoms. The highest BCUT2D eigenvalue weighted by Gasteiger charge is 2.57.